The number of rotatable bonds is 3. The molecular weight excluding hydrogens is 218 g/mol. The summed E-state index contributed by atoms with van der Waals surface area (Å²) in [6.07, 6.45) is 3.21. The summed E-state index contributed by atoms with van der Waals surface area (Å²) >= 11 is 0. The van der Waals surface area contributed by atoms with Gasteiger partial charge in [-0.05, 0) is 25.1 Å². The van der Waals surface area contributed by atoms with Crippen molar-refractivity contribution in [3.05, 3.63) is 48.3 Å². The lowest BCUT2D eigenvalue weighted by atomic mass is 10.1. The Labute approximate surface area is 98.4 Å². The van der Waals surface area contributed by atoms with Crippen LogP contribution in [0, 0.1) is 0 Å². The van der Waals surface area contributed by atoms with Crippen molar-refractivity contribution < 1.29 is 9.94 Å². The van der Waals surface area contributed by atoms with Crippen molar-refractivity contribution in [3.8, 4) is 11.8 Å². The molecule has 5 nitrogen and oxygen atoms in total. The van der Waals surface area contributed by atoms with Gasteiger partial charge in [0.05, 0.1) is 5.71 Å². The minimum atomic E-state index is 0.281. The third-order valence-corrected chi connectivity index (χ3v) is 2.15. The Balaban J connectivity index is 2.23. The average Bonchev–Trinajstić information content (AvgIpc) is 2.39. The van der Waals surface area contributed by atoms with Gasteiger partial charge in [0.25, 0.3) is 0 Å². The summed E-state index contributed by atoms with van der Waals surface area (Å²) in [7, 11) is 0. The maximum Gasteiger partial charge on any atom is 0.321 e. The van der Waals surface area contributed by atoms with Crippen molar-refractivity contribution in [1.29, 1.82) is 0 Å². The fourth-order valence-corrected chi connectivity index (χ4v) is 1.29. The van der Waals surface area contributed by atoms with Crippen LogP contribution >= 0.6 is 0 Å². The van der Waals surface area contributed by atoms with Crippen molar-refractivity contribution in [2.45, 2.75) is 6.92 Å². The molecule has 1 N–H and O–H groups in total. The van der Waals surface area contributed by atoms with E-state index in [4.69, 9.17) is 9.94 Å². The van der Waals surface area contributed by atoms with Gasteiger partial charge >= 0.3 is 6.01 Å². The first kappa shape index (κ1) is 11.1. The second-order valence-corrected chi connectivity index (χ2v) is 3.35. The van der Waals surface area contributed by atoms with Crippen molar-refractivity contribution in [3.63, 3.8) is 0 Å². The lowest BCUT2D eigenvalue weighted by molar-refractivity contribution is 0.319. The molecule has 0 fully saturated rings. The first-order valence-corrected chi connectivity index (χ1v) is 5.03. The van der Waals surface area contributed by atoms with Crippen molar-refractivity contribution in [2.75, 3.05) is 0 Å². The van der Waals surface area contributed by atoms with E-state index in [-0.39, 0.29) is 6.01 Å². The van der Waals surface area contributed by atoms with Gasteiger partial charge in [-0.15, -0.1) is 0 Å². The summed E-state index contributed by atoms with van der Waals surface area (Å²) in [5.41, 5.74) is 1.30. The van der Waals surface area contributed by atoms with E-state index in [1.807, 2.05) is 12.1 Å². The number of nitrogens with zero attached hydrogens (tertiary/aromatic N) is 3. The zero-order chi connectivity index (χ0) is 12.1. The third kappa shape index (κ3) is 2.78. The summed E-state index contributed by atoms with van der Waals surface area (Å²) in [5, 5.41) is 11.8. The van der Waals surface area contributed by atoms with Crippen LogP contribution < -0.4 is 4.74 Å². The Kier molecular flexibility index (Phi) is 3.30. The number of benzene rings is 1. The Hall–Kier alpha value is -2.43. The quantitative estimate of drug-likeness (QED) is 0.498. The lowest BCUT2D eigenvalue weighted by Crippen LogP contribution is -1.96. The highest BCUT2D eigenvalue weighted by molar-refractivity contribution is 5.98. The highest BCUT2D eigenvalue weighted by atomic mass is 16.5. The number of aromatic nitrogens is 2. The van der Waals surface area contributed by atoms with E-state index in [2.05, 4.69) is 15.1 Å². The number of ether oxygens (including phenoxy) is 1. The van der Waals surface area contributed by atoms with Gasteiger partial charge in [-0.3, -0.25) is 0 Å². The molecule has 0 bridgehead atoms. The van der Waals surface area contributed by atoms with E-state index < -0.39 is 0 Å². The maximum absolute atomic E-state index is 8.69. The van der Waals surface area contributed by atoms with Crippen molar-refractivity contribution in [1.82, 2.24) is 9.97 Å². The normalized spacial score (nSPS) is 11.2. The van der Waals surface area contributed by atoms with Gasteiger partial charge in [0.2, 0.25) is 0 Å². The second-order valence-electron chi connectivity index (χ2n) is 3.35. The largest absolute Gasteiger partial charge is 0.424 e. The van der Waals surface area contributed by atoms with Crippen molar-refractivity contribution in [2.24, 2.45) is 5.16 Å². The van der Waals surface area contributed by atoms with Crippen molar-refractivity contribution >= 4 is 5.71 Å². The molecule has 0 atom stereocenters. The first-order chi connectivity index (χ1) is 8.29. The molecule has 1 aromatic carbocycles. The molecule has 2 aromatic rings. The molecule has 0 saturated carbocycles. The molecule has 0 saturated heterocycles. The molecule has 1 aromatic heterocycles. The highest BCUT2D eigenvalue weighted by Crippen LogP contribution is 2.18. The van der Waals surface area contributed by atoms with E-state index in [0.717, 1.165) is 5.56 Å². The van der Waals surface area contributed by atoms with E-state index in [1.165, 1.54) is 0 Å². The smallest absolute Gasteiger partial charge is 0.321 e. The van der Waals surface area contributed by atoms with Gasteiger partial charge in [-0.25, -0.2) is 9.97 Å². The molecule has 0 aliphatic carbocycles. The molecule has 2 rings (SSSR count). The van der Waals surface area contributed by atoms with Gasteiger partial charge in [0.15, 0.2) is 0 Å². The Morgan fingerprint density at radius 3 is 2.71 bits per heavy atom. The topological polar surface area (TPSA) is 67.6 Å². The standard InChI is InChI=1S/C12H11N3O2/c1-9(15-16)10-4-2-5-11(8-10)17-12-13-6-3-7-14-12/h2-8,16H,1H3. The van der Waals surface area contributed by atoms with E-state index in [9.17, 15) is 0 Å². The van der Waals surface area contributed by atoms with Gasteiger partial charge in [-0.1, -0.05) is 17.3 Å². The predicted molar refractivity (Wildman–Crippen MR) is 62.5 cm³/mol. The second kappa shape index (κ2) is 5.07. The fraction of sp³-hybridized carbons (Fsp3) is 0.0833. The van der Waals surface area contributed by atoms with Crippen LogP contribution in [0.5, 0.6) is 11.8 Å². The fourth-order valence-electron chi connectivity index (χ4n) is 1.29. The minimum absolute atomic E-state index is 0.281. The van der Waals surface area contributed by atoms with E-state index in [1.54, 1.807) is 37.5 Å². The zero-order valence-corrected chi connectivity index (χ0v) is 9.24. The molecule has 0 amide bonds. The van der Waals surface area contributed by atoms with Crippen LogP contribution in [-0.4, -0.2) is 20.9 Å². The Morgan fingerprint density at radius 1 is 1.24 bits per heavy atom. The predicted octanol–water partition coefficient (Wildman–Crippen LogP) is 2.47. The van der Waals surface area contributed by atoms with E-state index in [0.29, 0.717) is 11.5 Å². The summed E-state index contributed by atoms with van der Waals surface area (Å²) in [5.74, 6) is 0.594. The lowest BCUT2D eigenvalue weighted by Gasteiger charge is -2.04. The van der Waals surface area contributed by atoms with E-state index >= 15 is 0 Å². The van der Waals surface area contributed by atoms with Crippen LogP contribution in [0.3, 0.4) is 0 Å². The summed E-state index contributed by atoms with van der Waals surface area (Å²) in [6, 6.07) is 9.17. The third-order valence-electron chi connectivity index (χ3n) is 2.15. The SMILES string of the molecule is CC(=NO)c1cccc(Oc2ncccn2)c1. The molecule has 0 spiro atoms. The van der Waals surface area contributed by atoms with Crippen LogP contribution in [0.4, 0.5) is 0 Å². The van der Waals surface area contributed by atoms with Crippen LogP contribution in [0.2, 0.25) is 0 Å². The monoisotopic (exact) mass is 229 g/mol. The molecule has 5 heteroatoms. The molecule has 0 radical (unpaired) electrons. The molecule has 0 aliphatic heterocycles. The molecular formula is C12H11N3O2. The number of hydrogen-bond acceptors (Lipinski definition) is 5. The van der Waals surface area contributed by atoms with Gasteiger partial charge in [-0.2, -0.15) is 0 Å². The molecule has 1 heterocycles. The average molecular weight is 229 g/mol. The number of hydrogen-bond donors (Lipinski definition) is 1. The van der Waals surface area contributed by atoms with Gasteiger partial charge < -0.3 is 9.94 Å². The van der Waals surface area contributed by atoms with Crippen LogP contribution in [0.1, 0.15) is 12.5 Å². The van der Waals surface area contributed by atoms with Crippen LogP contribution in [0.15, 0.2) is 47.9 Å². The van der Waals surface area contributed by atoms with Gasteiger partial charge in [0, 0.05) is 18.0 Å². The Morgan fingerprint density at radius 2 is 2.00 bits per heavy atom. The zero-order valence-electron chi connectivity index (χ0n) is 9.24. The molecule has 86 valence electrons. The summed E-state index contributed by atoms with van der Waals surface area (Å²) < 4.78 is 5.45. The van der Waals surface area contributed by atoms with Gasteiger partial charge in [0.1, 0.15) is 5.75 Å². The Bertz CT molecular complexity index is 526. The maximum atomic E-state index is 8.69. The summed E-state index contributed by atoms with van der Waals surface area (Å²) in [4.78, 5) is 7.91. The molecule has 17 heavy (non-hydrogen) atoms. The summed E-state index contributed by atoms with van der Waals surface area (Å²) in [6.45, 7) is 1.71. The highest BCUT2D eigenvalue weighted by Gasteiger charge is 2.02. The van der Waals surface area contributed by atoms with Crippen LogP contribution in [-0.2, 0) is 0 Å². The molecule has 0 aliphatic rings. The first-order valence-electron chi connectivity index (χ1n) is 5.03. The number of oxime groups is 1. The van der Waals surface area contributed by atoms with Crippen LogP contribution in [0.25, 0.3) is 0 Å². The minimum Gasteiger partial charge on any atom is -0.424 e. The molecule has 0 unspecified atom stereocenters.